The van der Waals surface area contributed by atoms with Crippen LogP contribution in [0.15, 0.2) is 52.9 Å². The summed E-state index contributed by atoms with van der Waals surface area (Å²) >= 11 is 6.30. The van der Waals surface area contributed by atoms with Crippen LogP contribution in [0.5, 0.6) is 5.75 Å². The maximum Gasteiger partial charge on any atom is 0.247 e. The lowest BCUT2D eigenvalue weighted by molar-refractivity contribution is 0.217. The fourth-order valence-electron chi connectivity index (χ4n) is 2.39. The molecule has 1 unspecified atom stereocenters. The fraction of sp³-hybridized carbons (Fsp3) is 0.300. The average Bonchev–Trinajstić information content (AvgIpc) is 3.13. The Balaban J connectivity index is 1.54. The van der Waals surface area contributed by atoms with Crippen LogP contribution in [0.3, 0.4) is 0 Å². The lowest BCUT2D eigenvalue weighted by Gasteiger charge is -2.14. The van der Waals surface area contributed by atoms with Gasteiger partial charge in [0.15, 0.2) is 0 Å². The lowest BCUT2D eigenvalue weighted by atomic mass is 10.2. The van der Waals surface area contributed by atoms with Gasteiger partial charge < -0.3 is 14.5 Å². The molecule has 0 amide bonds. The minimum Gasteiger partial charge on any atom is -0.489 e. The van der Waals surface area contributed by atoms with E-state index in [1.54, 1.807) is 0 Å². The van der Waals surface area contributed by atoms with E-state index in [1.165, 1.54) is 0 Å². The van der Waals surface area contributed by atoms with Gasteiger partial charge in [0.05, 0.1) is 17.7 Å². The van der Waals surface area contributed by atoms with Crippen molar-refractivity contribution in [1.82, 2.24) is 15.5 Å². The molecule has 1 atom stereocenters. The van der Waals surface area contributed by atoms with Gasteiger partial charge in [-0.25, -0.2) is 0 Å². The SMILES string of the molecule is CCC(C)Oc1ccc(CNCc2nnc(-c3ccccc3)o2)cc1Cl. The van der Waals surface area contributed by atoms with Crippen LogP contribution in [-0.4, -0.2) is 16.3 Å². The van der Waals surface area contributed by atoms with Gasteiger partial charge in [0, 0.05) is 12.1 Å². The fourth-order valence-corrected chi connectivity index (χ4v) is 2.63. The smallest absolute Gasteiger partial charge is 0.247 e. The summed E-state index contributed by atoms with van der Waals surface area (Å²) in [6, 6.07) is 15.5. The molecule has 0 saturated heterocycles. The zero-order valence-corrected chi connectivity index (χ0v) is 15.7. The number of halogens is 1. The molecule has 136 valence electrons. The van der Waals surface area contributed by atoms with Crippen LogP contribution in [0, 0.1) is 0 Å². The molecule has 0 saturated carbocycles. The maximum atomic E-state index is 6.30. The monoisotopic (exact) mass is 371 g/mol. The van der Waals surface area contributed by atoms with Gasteiger partial charge in [-0.1, -0.05) is 42.8 Å². The van der Waals surface area contributed by atoms with Crippen molar-refractivity contribution in [2.75, 3.05) is 0 Å². The van der Waals surface area contributed by atoms with Gasteiger partial charge in [0.1, 0.15) is 5.75 Å². The lowest BCUT2D eigenvalue weighted by Crippen LogP contribution is -2.13. The molecule has 0 fully saturated rings. The Labute approximate surface area is 158 Å². The summed E-state index contributed by atoms with van der Waals surface area (Å²) < 4.78 is 11.5. The summed E-state index contributed by atoms with van der Waals surface area (Å²) in [7, 11) is 0. The zero-order valence-electron chi connectivity index (χ0n) is 14.9. The zero-order chi connectivity index (χ0) is 18.4. The normalized spacial score (nSPS) is 12.1. The minimum absolute atomic E-state index is 0.146. The first-order chi connectivity index (χ1) is 12.7. The summed E-state index contributed by atoms with van der Waals surface area (Å²) in [6.45, 7) is 5.24. The van der Waals surface area contributed by atoms with Gasteiger partial charge in [0.2, 0.25) is 11.8 Å². The summed E-state index contributed by atoms with van der Waals surface area (Å²) in [4.78, 5) is 0. The number of hydrogen-bond acceptors (Lipinski definition) is 5. The Hall–Kier alpha value is -2.37. The van der Waals surface area contributed by atoms with Crippen LogP contribution in [0.1, 0.15) is 31.7 Å². The van der Waals surface area contributed by atoms with E-state index in [0.29, 0.717) is 35.6 Å². The van der Waals surface area contributed by atoms with Crippen LogP contribution < -0.4 is 10.1 Å². The van der Waals surface area contributed by atoms with Gasteiger partial charge in [-0.15, -0.1) is 10.2 Å². The summed E-state index contributed by atoms with van der Waals surface area (Å²) in [5, 5.41) is 12.1. The van der Waals surface area contributed by atoms with Gasteiger partial charge in [-0.3, -0.25) is 0 Å². The Morgan fingerprint density at radius 2 is 1.92 bits per heavy atom. The highest BCUT2D eigenvalue weighted by Gasteiger charge is 2.09. The quantitative estimate of drug-likeness (QED) is 0.612. The molecule has 0 aliphatic heterocycles. The van der Waals surface area contributed by atoms with Gasteiger partial charge in [-0.2, -0.15) is 0 Å². The van der Waals surface area contributed by atoms with Crippen molar-refractivity contribution >= 4 is 11.6 Å². The first-order valence-corrected chi connectivity index (χ1v) is 9.07. The van der Waals surface area contributed by atoms with E-state index in [0.717, 1.165) is 17.5 Å². The van der Waals surface area contributed by atoms with E-state index in [4.69, 9.17) is 20.8 Å². The standard InChI is InChI=1S/C20H22ClN3O2/c1-3-14(2)25-18-10-9-15(11-17(18)21)12-22-13-19-23-24-20(26-19)16-7-5-4-6-8-16/h4-11,14,22H,3,12-13H2,1-2H3. The molecule has 0 bridgehead atoms. The predicted molar refractivity (Wildman–Crippen MR) is 102 cm³/mol. The number of benzene rings is 2. The molecule has 26 heavy (non-hydrogen) atoms. The van der Waals surface area contributed by atoms with Gasteiger partial charge >= 0.3 is 0 Å². The van der Waals surface area contributed by atoms with Crippen molar-refractivity contribution in [2.45, 2.75) is 39.5 Å². The first kappa shape index (κ1) is 18.4. The van der Waals surface area contributed by atoms with Crippen molar-refractivity contribution < 1.29 is 9.15 Å². The Morgan fingerprint density at radius 1 is 1.12 bits per heavy atom. The highest BCUT2D eigenvalue weighted by Crippen LogP contribution is 2.27. The Bertz CT molecular complexity index is 836. The molecule has 0 aliphatic rings. The molecule has 6 heteroatoms. The van der Waals surface area contributed by atoms with Crippen LogP contribution in [0.4, 0.5) is 0 Å². The molecule has 0 aliphatic carbocycles. The molecule has 1 aromatic heterocycles. The number of hydrogen-bond donors (Lipinski definition) is 1. The number of ether oxygens (including phenoxy) is 1. The molecule has 1 N–H and O–H groups in total. The van der Waals surface area contributed by atoms with E-state index in [-0.39, 0.29) is 6.10 Å². The first-order valence-electron chi connectivity index (χ1n) is 8.69. The second-order valence-electron chi connectivity index (χ2n) is 6.07. The molecule has 3 aromatic rings. The number of aromatic nitrogens is 2. The Kier molecular flexibility index (Phi) is 6.26. The van der Waals surface area contributed by atoms with E-state index < -0.39 is 0 Å². The highest BCUT2D eigenvalue weighted by atomic mass is 35.5. The molecule has 5 nitrogen and oxygen atoms in total. The van der Waals surface area contributed by atoms with Crippen LogP contribution in [-0.2, 0) is 13.1 Å². The Morgan fingerprint density at radius 3 is 2.65 bits per heavy atom. The topological polar surface area (TPSA) is 60.2 Å². The molecular weight excluding hydrogens is 350 g/mol. The van der Waals surface area contributed by atoms with E-state index in [1.807, 2.05) is 55.5 Å². The van der Waals surface area contributed by atoms with Crippen molar-refractivity contribution in [3.8, 4) is 17.2 Å². The highest BCUT2D eigenvalue weighted by molar-refractivity contribution is 6.32. The molecule has 3 rings (SSSR count). The molecule has 0 spiro atoms. The summed E-state index contributed by atoms with van der Waals surface area (Å²) in [5.41, 5.74) is 1.98. The third-order valence-electron chi connectivity index (χ3n) is 3.99. The molecule has 0 radical (unpaired) electrons. The number of rotatable bonds is 8. The minimum atomic E-state index is 0.146. The van der Waals surface area contributed by atoms with Crippen LogP contribution >= 0.6 is 11.6 Å². The molecule has 2 aromatic carbocycles. The van der Waals surface area contributed by atoms with E-state index in [2.05, 4.69) is 22.4 Å². The molecule has 1 heterocycles. The van der Waals surface area contributed by atoms with Crippen molar-refractivity contribution in [3.05, 3.63) is 65.0 Å². The van der Waals surface area contributed by atoms with Crippen LogP contribution in [0.2, 0.25) is 5.02 Å². The number of nitrogens with zero attached hydrogens (tertiary/aromatic N) is 2. The van der Waals surface area contributed by atoms with E-state index >= 15 is 0 Å². The largest absolute Gasteiger partial charge is 0.489 e. The number of nitrogens with one attached hydrogen (secondary N) is 1. The van der Waals surface area contributed by atoms with Gasteiger partial charge in [0.25, 0.3) is 0 Å². The summed E-state index contributed by atoms with van der Waals surface area (Å²) in [6.07, 6.45) is 1.09. The second kappa shape index (κ2) is 8.83. The molecular formula is C20H22ClN3O2. The van der Waals surface area contributed by atoms with Crippen molar-refractivity contribution in [3.63, 3.8) is 0 Å². The third-order valence-corrected chi connectivity index (χ3v) is 4.29. The average molecular weight is 372 g/mol. The van der Waals surface area contributed by atoms with Crippen molar-refractivity contribution in [1.29, 1.82) is 0 Å². The summed E-state index contributed by atoms with van der Waals surface area (Å²) in [5.74, 6) is 1.79. The maximum absolute atomic E-state index is 6.30. The third kappa shape index (κ3) is 4.84. The van der Waals surface area contributed by atoms with E-state index in [9.17, 15) is 0 Å². The van der Waals surface area contributed by atoms with Crippen molar-refractivity contribution in [2.24, 2.45) is 0 Å². The predicted octanol–water partition coefficient (Wildman–Crippen LogP) is 4.86. The second-order valence-corrected chi connectivity index (χ2v) is 6.48. The van der Waals surface area contributed by atoms with Gasteiger partial charge in [-0.05, 0) is 43.2 Å². The van der Waals surface area contributed by atoms with Crippen LogP contribution in [0.25, 0.3) is 11.5 Å².